The van der Waals surface area contributed by atoms with Gasteiger partial charge in [0.2, 0.25) is 0 Å². The summed E-state index contributed by atoms with van der Waals surface area (Å²) < 4.78 is 10.9. The predicted octanol–water partition coefficient (Wildman–Crippen LogP) is 6.84. The SMILES string of the molecule is COC(=O)NC(C)C(C)CC1CC2(C)C(C)C3C4(O)COC4CC(C)C3(C)C(C)C(C)C(=C1C)C2(C)C.[Ac]. The molecule has 0 spiro atoms. The van der Waals surface area contributed by atoms with E-state index in [0.717, 1.165) is 19.3 Å². The van der Waals surface area contributed by atoms with Crippen LogP contribution in [0.3, 0.4) is 0 Å². The Hall–Kier alpha value is 0.372. The van der Waals surface area contributed by atoms with Crippen molar-refractivity contribution < 1.29 is 63.4 Å². The van der Waals surface area contributed by atoms with Crippen LogP contribution in [0.25, 0.3) is 0 Å². The molecule has 1 aliphatic heterocycles. The Balaban J connectivity index is 0.00000400. The molecule has 2 saturated carbocycles. The maximum absolute atomic E-state index is 12.2. The van der Waals surface area contributed by atoms with E-state index in [1.165, 1.54) is 7.11 Å². The zero-order chi connectivity index (χ0) is 27.9. The molecule has 3 fully saturated rings. The molecule has 0 aromatic heterocycles. The summed E-state index contributed by atoms with van der Waals surface area (Å²) >= 11 is 0. The number of allylic oxidation sites excluding steroid dienone is 2. The Kier molecular flexibility index (Phi) is 9.42. The fourth-order valence-corrected chi connectivity index (χ4v) is 10.1. The van der Waals surface area contributed by atoms with Gasteiger partial charge >= 0.3 is 6.09 Å². The van der Waals surface area contributed by atoms with Crippen molar-refractivity contribution in [1.29, 1.82) is 0 Å². The topological polar surface area (TPSA) is 67.8 Å². The molecule has 1 saturated heterocycles. The summed E-state index contributed by atoms with van der Waals surface area (Å²) in [4.78, 5) is 11.9. The second kappa shape index (κ2) is 10.9. The molecule has 38 heavy (non-hydrogen) atoms. The van der Waals surface area contributed by atoms with Gasteiger partial charge < -0.3 is 19.9 Å². The zero-order valence-electron chi connectivity index (χ0n) is 26.3. The van der Waals surface area contributed by atoms with E-state index in [1.807, 2.05) is 0 Å². The van der Waals surface area contributed by atoms with Crippen LogP contribution in [0.15, 0.2) is 11.1 Å². The van der Waals surface area contributed by atoms with Crippen LogP contribution in [0.2, 0.25) is 0 Å². The van der Waals surface area contributed by atoms with Crippen LogP contribution in [0.1, 0.15) is 95.4 Å². The number of alkyl carbamates (subject to hydrolysis) is 1. The Labute approximate surface area is 268 Å². The van der Waals surface area contributed by atoms with Crippen molar-refractivity contribution in [2.45, 2.75) is 113 Å². The smallest absolute Gasteiger partial charge is 0.407 e. The third-order valence-electron chi connectivity index (χ3n) is 13.5. The first-order valence-electron chi connectivity index (χ1n) is 14.9. The van der Waals surface area contributed by atoms with E-state index in [-0.39, 0.29) is 84.5 Å². The van der Waals surface area contributed by atoms with Gasteiger partial charge in [-0.25, -0.2) is 4.79 Å². The fraction of sp³-hybridized carbons (Fsp3) is 0.906. The first-order chi connectivity index (χ1) is 17.0. The quantitative estimate of drug-likeness (QED) is 0.310. The molecule has 0 aromatic carbocycles. The number of amides is 1. The van der Waals surface area contributed by atoms with Crippen LogP contribution < -0.4 is 5.32 Å². The predicted molar refractivity (Wildman–Crippen MR) is 149 cm³/mol. The number of methoxy groups -OCH3 is 1. The molecule has 1 radical (unpaired) electrons. The number of carbonyl (C=O) groups is 1. The third-order valence-corrected chi connectivity index (χ3v) is 13.5. The van der Waals surface area contributed by atoms with E-state index in [4.69, 9.17) is 9.47 Å². The average Bonchev–Trinajstić information content (AvgIpc) is 2.82. The largest absolute Gasteiger partial charge is 0.453 e. The number of carbonyl (C=O) groups excluding carboxylic acids is 1. The van der Waals surface area contributed by atoms with Gasteiger partial charge in [-0.2, -0.15) is 0 Å². The molecule has 12 atom stereocenters. The van der Waals surface area contributed by atoms with Gasteiger partial charge in [-0.1, -0.05) is 73.5 Å². The Morgan fingerprint density at radius 3 is 2.26 bits per heavy atom. The Morgan fingerprint density at radius 2 is 1.74 bits per heavy atom. The molecular formula is C32H55AcNO4. The standard InChI is InChI=1S/C32H55NO4.Ac/c1-17(23(7)33-28(34)36-12)13-24-15-30(10)22(6)27-31(11,18(2)14-25-32(27,35)16-37-25)21(5)19(3)26(20(24)4)29(30,8)9;/h17-19,21-25,27,35H,13-16H2,1-12H3,(H,33,34);. The van der Waals surface area contributed by atoms with Crippen molar-refractivity contribution in [3.63, 3.8) is 0 Å². The number of rotatable bonds is 4. The van der Waals surface area contributed by atoms with Crippen molar-refractivity contribution in [2.75, 3.05) is 13.7 Å². The zero-order valence-corrected chi connectivity index (χ0v) is 31.0. The van der Waals surface area contributed by atoms with Crippen LogP contribution in [-0.2, 0) is 9.47 Å². The second-order valence-corrected chi connectivity index (χ2v) is 14.8. The molecule has 4 rings (SSSR count). The molecule has 5 nitrogen and oxygen atoms in total. The normalized spacial score (nSPS) is 47.1. The maximum atomic E-state index is 12.2. The molecule has 2 N–H and O–H groups in total. The number of hydrogen-bond acceptors (Lipinski definition) is 4. The number of ether oxygens (including phenoxy) is 2. The summed E-state index contributed by atoms with van der Waals surface area (Å²) in [7, 11) is 1.43. The Morgan fingerprint density at radius 1 is 1.13 bits per heavy atom. The number of fused-ring (bicyclic) bond motifs is 5. The minimum atomic E-state index is -0.733. The molecule has 2 bridgehead atoms. The number of hydrogen-bond donors (Lipinski definition) is 2. The van der Waals surface area contributed by atoms with Gasteiger partial charge in [-0.3, -0.25) is 0 Å². The van der Waals surface area contributed by atoms with Crippen LogP contribution in [0.5, 0.6) is 0 Å². The third kappa shape index (κ3) is 4.52. The summed E-state index contributed by atoms with van der Waals surface area (Å²) in [6.45, 7) is 27.0. The molecular weight excluding hydrogens is 689 g/mol. The van der Waals surface area contributed by atoms with Crippen LogP contribution in [0.4, 0.5) is 4.79 Å². The number of nitrogens with one attached hydrogen (secondary N) is 1. The summed E-state index contributed by atoms with van der Waals surface area (Å²) in [5.41, 5.74) is 2.58. The maximum Gasteiger partial charge on any atom is 0.407 e. The molecule has 4 aliphatic rings. The molecule has 12 unspecified atom stereocenters. The summed E-state index contributed by atoms with van der Waals surface area (Å²) in [5.74, 6) is 2.69. The second-order valence-electron chi connectivity index (χ2n) is 14.8. The Bertz CT molecular complexity index is 950. The van der Waals surface area contributed by atoms with Gasteiger partial charge in [-0.05, 0) is 84.9 Å². The van der Waals surface area contributed by atoms with E-state index in [0.29, 0.717) is 42.1 Å². The molecule has 215 valence electrons. The van der Waals surface area contributed by atoms with Crippen molar-refractivity contribution in [3.05, 3.63) is 11.1 Å². The molecule has 1 heterocycles. The molecule has 3 aliphatic carbocycles. The van der Waals surface area contributed by atoms with E-state index in [9.17, 15) is 9.90 Å². The number of aliphatic hydroxyl groups is 1. The van der Waals surface area contributed by atoms with Gasteiger partial charge in [0.25, 0.3) is 0 Å². The first-order valence-corrected chi connectivity index (χ1v) is 14.9. The van der Waals surface area contributed by atoms with E-state index < -0.39 is 5.60 Å². The molecule has 6 heteroatoms. The van der Waals surface area contributed by atoms with Gasteiger partial charge in [0, 0.05) is 56.0 Å². The van der Waals surface area contributed by atoms with E-state index in [1.54, 1.807) is 11.1 Å². The molecule has 1 amide bonds. The van der Waals surface area contributed by atoms with Crippen LogP contribution in [-0.4, -0.2) is 42.7 Å². The summed E-state index contributed by atoms with van der Waals surface area (Å²) in [5, 5.41) is 15.2. The van der Waals surface area contributed by atoms with Gasteiger partial charge in [0.05, 0.1) is 19.8 Å². The van der Waals surface area contributed by atoms with E-state index in [2.05, 4.69) is 81.5 Å². The van der Waals surface area contributed by atoms with Crippen LogP contribution in [0, 0.1) is 102 Å². The molecule has 0 aromatic rings. The van der Waals surface area contributed by atoms with E-state index >= 15 is 0 Å². The van der Waals surface area contributed by atoms with Crippen LogP contribution >= 0.6 is 0 Å². The van der Waals surface area contributed by atoms with Crippen molar-refractivity contribution >= 4 is 6.09 Å². The minimum Gasteiger partial charge on any atom is -0.453 e. The summed E-state index contributed by atoms with van der Waals surface area (Å²) in [6.07, 6.45) is 2.71. The fourth-order valence-electron chi connectivity index (χ4n) is 10.1. The average molecular weight is 745 g/mol. The summed E-state index contributed by atoms with van der Waals surface area (Å²) in [6, 6.07) is 0.0441. The van der Waals surface area contributed by atoms with Gasteiger partial charge in [0.1, 0.15) is 5.60 Å². The van der Waals surface area contributed by atoms with Gasteiger partial charge in [0.15, 0.2) is 0 Å². The van der Waals surface area contributed by atoms with Gasteiger partial charge in [-0.15, -0.1) is 0 Å². The first kappa shape index (κ1) is 32.9. The minimum absolute atomic E-state index is 0. The monoisotopic (exact) mass is 744 g/mol. The van der Waals surface area contributed by atoms with Crippen molar-refractivity contribution in [3.8, 4) is 0 Å². The van der Waals surface area contributed by atoms with Crippen molar-refractivity contribution in [1.82, 2.24) is 5.32 Å². The van der Waals surface area contributed by atoms with Crippen molar-refractivity contribution in [2.24, 2.45) is 57.7 Å².